The standard InChI is InChI=1S/C22H30N4O2.HI/c1-4-23-21(25-13-11-18-9-5-6-12-24-18)26-14-15-27-19-10-7-8-17-16-22(2,3)28-20(17)19;/h5-10,12H,4,11,13-16H2,1-3H3,(H2,23,25,26);1H. The van der Waals surface area contributed by atoms with E-state index >= 15 is 0 Å². The molecule has 0 aliphatic carbocycles. The third-order valence-corrected chi connectivity index (χ3v) is 4.42. The molecule has 0 unspecified atom stereocenters. The van der Waals surface area contributed by atoms with Crippen LogP contribution in [0.25, 0.3) is 0 Å². The number of aliphatic imine (C=N–C) groups is 1. The molecule has 1 aliphatic rings. The summed E-state index contributed by atoms with van der Waals surface area (Å²) >= 11 is 0. The predicted molar refractivity (Wildman–Crippen MR) is 128 cm³/mol. The summed E-state index contributed by atoms with van der Waals surface area (Å²) in [6, 6.07) is 12.0. The van der Waals surface area contributed by atoms with Gasteiger partial charge in [0.1, 0.15) is 12.2 Å². The molecule has 2 heterocycles. The lowest BCUT2D eigenvalue weighted by Gasteiger charge is -2.18. The van der Waals surface area contributed by atoms with Crippen LogP contribution in [-0.2, 0) is 12.8 Å². The first kappa shape index (κ1) is 23.3. The first-order chi connectivity index (χ1) is 13.6. The molecule has 0 spiro atoms. The number of nitrogens with zero attached hydrogens (tertiary/aromatic N) is 2. The second kappa shape index (κ2) is 11.2. The Bertz CT molecular complexity index is 797. The number of hydrogen-bond donors (Lipinski definition) is 2. The Morgan fingerprint density at radius 1 is 1.21 bits per heavy atom. The first-order valence-corrected chi connectivity index (χ1v) is 9.93. The summed E-state index contributed by atoms with van der Waals surface area (Å²) in [6.07, 6.45) is 3.54. The summed E-state index contributed by atoms with van der Waals surface area (Å²) in [4.78, 5) is 8.93. The summed E-state index contributed by atoms with van der Waals surface area (Å²) < 4.78 is 12.0. The van der Waals surface area contributed by atoms with Gasteiger partial charge in [-0.25, -0.2) is 0 Å². The highest BCUT2D eigenvalue weighted by Gasteiger charge is 2.32. The molecule has 2 N–H and O–H groups in total. The maximum Gasteiger partial charge on any atom is 0.191 e. The largest absolute Gasteiger partial charge is 0.488 e. The zero-order valence-electron chi connectivity index (χ0n) is 17.4. The molecule has 29 heavy (non-hydrogen) atoms. The number of guanidine groups is 1. The van der Waals surface area contributed by atoms with Crippen molar-refractivity contribution in [2.24, 2.45) is 4.99 Å². The molecule has 6 nitrogen and oxygen atoms in total. The number of ether oxygens (including phenoxy) is 2. The molecule has 0 radical (unpaired) electrons. The van der Waals surface area contributed by atoms with Crippen molar-refractivity contribution in [1.82, 2.24) is 15.6 Å². The summed E-state index contributed by atoms with van der Waals surface area (Å²) in [5.74, 6) is 2.48. The number of benzene rings is 1. The van der Waals surface area contributed by atoms with E-state index in [9.17, 15) is 0 Å². The van der Waals surface area contributed by atoms with Crippen LogP contribution in [0.5, 0.6) is 11.5 Å². The van der Waals surface area contributed by atoms with Gasteiger partial charge in [-0.15, -0.1) is 24.0 Å². The van der Waals surface area contributed by atoms with Crippen LogP contribution in [0.3, 0.4) is 0 Å². The number of nitrogens with one attached hydrogen (secondary N) is 2. The lowest BCUT2D eigenvalue weighted by Crippen LogP contribution is -2.39. The van der Waals surface area contributed by atoms with Gasteiger partial charge >= 0.3 is 0 Å². The highest BCUT2D eigenvalue weighted by molar-refractivity contribution is 14.0. The van der Waals surface area contributed by atoms with Crippen LogP contribution in [-0.4, -0.2) is 42.8 Å². The van der Waals surface area contributed by atoms with Gasteiger partial charge in [0.2, 0.25) is 0 Å². The highest BCUT2D eigenvalue weighted by atomic mass is 127. The second-order valence-electron chi connectivity index (χ2n) is 7.39. The smallest absolute Gasteiger partial charge is 0.191 e. The van der Waals surface area contributed by atoms with E-state index in [-0.39, 0.29) is 29.6 Å². The van der Waals surface area contributed by atoms with Gasteiger partial charge in [0, 0.05) is 43.4 Å². The van der Waals surface area contributed by atoms with E-state index in [1.165, 1.54) is 5.56 Å². The zero-order chi connectivity index (χ0) is 19.8. The van der Waals surface area contributed by atoms with Crippen LogP contribution in [0.4, 0.5) is 0 Å². The Labute approximate surface area is 190 Å². The van der Waals surface area contributed by atoms with Gasteiger partial charge in [0.05, 0.1) is 6.54 Å². The molecular formula is C22H31IN4O2. The molecular weight excluding hydrogens is 479 g/mol. The SMILES string of the molecule is CCNC(=NCCc1ccccn1)NCCOc1cccc2c1OC(C)(C)C2.I. The lowest BCUT2D eigenvalue weighted by molar-refractivity contribution is 0.132. The molecule has 0 bridgehead atoms. The molecule has 0 saturated carbocycles. The Balaban J connectivity index is 0.00000300. The summed E-state index contributed by atoms with van der Waals surface area (Å²) in [6.45, 7) is 8.94. The van der Waals surface area contributed by atoms with E-state index in [1.54, 1.807) is 0 Å². The Hall–Kier alpha value is -2.03. The average Bonchev–Trinajstić information content (AvgIpc) is 3.00. The van der Waals surface area contributed by atoms with Crippen molar-refractivity contribution in [3.8, 4) is 11.5 Å². The molecule has 0 saturated heterocycles. The Morgan fingerprint density at radius 3 is 2.83 bits per heavy atom. The van der Waals surface area contributed by atoms with Crippen molar-refractivity contribution >= 4 is 29.9 Å². The normalized spacial score (nSPS) is 14.4. The van der Waals surface area contributed by atoms with Gasteiger partial charge in [-0.05, 0) is 39.0 Å². The van der Waals surface area contributed by atoms with Gasteiger partial charge in [-0.2, -0.15) is 0 Å². The van der Waals surface area contributed by atoms with E-state index in [1.807, 2.05) is 36.5 Å². The molecule has 1 aromatic heterocycles. The number of aromatic nitrogens is 1. The Kier molecular flexibility index (Phi) is 9.00. The fraction of sp³-hybridized carbons (Fsp3) is 0.455. The molecule has 2 aromatic rings. The third kappa shape index (κ3) is 7.06. The maximum atomic E-state index is 6.05. The van der Waals surface area contributed by atoms with E-state index in [2.05, 4.69) is 47.4 Å². The molecule has 1 aliphatic heterocycles. The minimum Gasteiger partial charge on any atom is -0.488 e. The molecule has 0 atom stereocenters. The van der Waals surface area contributed by atoms with Gasteiger partial charge in [-0.3, -0.25) is 9.98 Å². The molecule has 7 heteroatoms. The minimum atomic E-state index is -0.168. The maximum absolute atomic E-state index is 6.05. The van der Waals surface area contributed by atoms with Crippen molar-refractivity contribution in [1.29, 1.82) is 0 Å². The van der Waals surface area contributed by atoms with Crippen LogP contribution >= 0.6 is 24.0 Å². The van der Waals surface area contributed by atoms with Crippen LogP contribution in [0.1, 0.15) is 32.0 Å². The van der Waals surface area contributed by atoms with Crippen molar-refractivity contribution in [3.05, 3.63) is 53.9 Å². The quantitative estimate of drug-likeness (QED) is 0.246. The first-order valence-electron chi connectivity index (χ1n) is 9.93. The number of para-hydroxylation sites is 1. The molecule has 0 amide bonds. The fourth-order valence-corrected chi connectivity index (χ4v) is 3.20. The van der Waals surface area contributed by atoms with Crippen LogP contribution in [0.2, 0.25) is 0 Å². The van der Waals surface area contributed by atoms with Gasteiger partial charge in [0.25, 0.3) is 0 Å². The number of halogens is 1. The van der Waals surface area contributed by atoms with Crippen LogP contribution in [0.15, 0.2) is 47.6 Å². The van der Waals surface area contributed by atoms with Gasteiger partial charge in [-0.1, -0.05) is 18.2 Å². The van der Waals surface area contributed by atoms with Gasteiger partial charge < -0.3 is 20.1 Å². The summed E-state index contributed by atoms with van der Waals surface area (Å²) in [7, 11) is 0. The monoisotopic (exact) mass is 510 g/mol. The summed E-state index contributed by atoms with van der Waals surface area (Å²) in [5, 5.41) is 6.57. The number of hydrogen-bond acceptors (Lipinski definition) is 4. The molecule has 158 valence electrons. The number of pyridine rings is 1. The number of fused-ring (bicyclic) bond motifs is 1. The molecule has 0 fully saturated rings. The minimum absolute atomic E-state index is 0. The van der Waals surface area contributed by atoms with Crippen molar-refractivity contribution in [3.63, 3.8) is 0 Å². The predicted octanol–water partition coefficient (Wildman–Crippen LogP) is 3.59. The molecule has 1 aromatic carbocycles. The fourth-order valence-electron chi connectivity index (χ4n) is 3.20. The van der Waals surface area contributed by atoms with Crippen molar-refractivity contribution in [2.75, 3.05) is 26.2 Å². The van der Waals surface area contributed by atoms with E-state index < -0.39 is 0 Å². The second-order valence-corrected chi connectivity index (χ2v) is 7.39. The van der Waals surface area contributed by atoms with Crippen molar-refractivity contribution < 1.29 is 9.47 Å². The van der Waals surface area contributed by atoms with Crippen LogP contribution < -0.4 is 20.1 Å². The van der Waals surface area contributed by atoms with E-state index in [0.29, 0.717) is 19.7 Å². The van der Waals surface area contributed by atoms with Gasteiger partial charge in [0.15, 0.2) is 17.5 Å². The Morgan fingerprint density at radius 2 is 2.07 bits per heavy atom. The number of rotatable bonds is 8. The van der Waals surface area contributed by atoms with E-state index in [4.69, 9.17) is 9.47 Å². The molecule has 3 rings (SSSR count). The zero-order valence-corrected chi connectivity index (χ0v) is 19.7. The van der Waals surface area contributed by atoms with Crippen molar-refractivity contribution in [2.45, 2.75) is 39.2 Å². The third-order valence-electron chi connectivity index (χ3n) is 4.42. The lowest BCUT2D eigenvalue weighted by atomic mass is 10.0. The summed E-state index contributed by atoms with van der Waals surface area (Å²) in [5.41, 5.74) is 2.09. The van der Waals surface area contributed by atoms with E-state index in [0.717, 1.165) is 42.5 Å². The average molecular weight is 510 g/mol. The highest BCUT2D eigenvalue weighted by Crippen LogP contribution is 2.41. The topological polar surface area (TPSA) is 67.8 Å². The van der Waals surface area contributed by atoms with Crippen LogP contribution in [0, 0.1) is 0 Å².